The molecule has 1 fully saturated rings. The zero-order valence-electron chi connectivity index (χ0n) is 29.0. The minimum absolute atomic E-state index is 0.0264. The van der Waals surface area contributed by atoms with Gasteiger partial charge in [0.1, 0.15) is 28.8 Å². The van der Waals surface area contributed by atoms with Gasteiger partial charge in [0.2, 0.25) is 5.43 Å². The molecule has 11 nitrogen and oxygen atoms in total. The quantitative estimate of drug-likeness (QED) is 0.152. The first-order chi connectivity index (χ1) is 24.8. The van der Waals surface area contributed by atoms with E-state index in [0.717, 1.165) is 41.1 Å². The van der Waals surface area contributed by atoms with Crippen molar-refractivity contribution in [3.63, 3.8) is 0 Å². The topological polar surface area (TPSA) is 133 Å². The summed E-state index contributed by atoms with van der Waals surface area (Å²) in [6.07, 6.45) is 3.11. The molecule has 0 amide bonds. The number of H-pyrrole nitrogens is 1. The predicted octanol–water partition coefficient (Wildman–Crippen LogP) is 5.56. The minimum Gasteiger partial charge on any atom is -0.477 e. The molecule has 272 valence electrons. The summed E-state index contributed by atoms with van der Waals surface area (Å²) in [7, 11) is 0. The number of carboxylic acid groups (broad SMARTS) is 1. The third-order valence-electron chi connectivity index (χ3n) is 9.68. The Morgan fingerprint density at radius 2 is 1.69 bits per heavy atom. The molecule has 3 heterocycles. The van der Waals surface area contributed by atoms with Crippen molar-refractivity contribution in [2.24, 2.45) is 0 Å². The number of nitrogens with zero attached hydrogens (tertiary/aromatic N) is 4. The average molecular weight is 717 g/mol. The number of aryl methyl sites for hydroxylation is 2. The van der Waals surface area contributed by atoms with Gasteiger partial charge in [-0.3, -0.25) is 24.0 Å². The standard InChI is InChI=1S/C38H39F3N6O5/c1-4-24-15-26(9-7-22(24)2)42-34-19-35(48)46(38(52)43-34)12-6-5-11-44-13-14-45(20-23(44)3)33-18-32-27(17-30(33)41)36(49)28(37(50)51)21-47(32)31-10-8-25(39)16-29(31)40/h7-10,15-19,21,23,42H,4-6,11-14,20H2,1-3H3,(H,43,52)(H,50,51)/t23-/m1/s1. The van der Waals surface area contributed by atoms with E-state index in [9.17, 15) is 33.1 Å². The number of rotatable bonds is 11. The zero-order valence-corrected chi connectivity index (χ0v) is 29.0. The van der Waals surface area contributed by atoms with Crippen LogP contribution in [0.4, 0.5) is 30.4 Å². The van der Waals surface area contributed by atoms with Gasteiger partial charge in [0, 0.05) is 61.6 Å². The molecule has 52 heavy (non-hydrogen) atoms. The van der Waals surface area contributed by atoms with Crippen molar-refractivity contribution in [1.29, 1.82) is 0 Å². The fraction of sp³-hybridized carbons (Fsp3) is 0.316. The van der Waals surface area contributed by atoms with Crippen LogP contribution in [0, 0.1) is 24.4 Å². The van der Waals surface area contributed by atoms with Crippen LogP contribution in [0.25, 0.3) is 16.6 Å². The second-order valence-electron chi connectivity index (χ2n) is 13.1. The maximum atomic E-state index is 15.6. The van der Waals surface area contributed by atoms with Crippen LogP contribution in [-0.2, 0) is 13.0 Å². The summed E-state index contributed by atoms with van der Waals surface area (Å²) in [6, 6.07) is 12.4. The van der Waals surface area contributed by atoms with Gasteiger partial charge in [0.15, 0.2) is 0 Å². The Morgan fingerprint density at radius 3 is 2.38 bits per heavy atom. The molecular formula is C38H39F3N6O5. The summed E-state index contributed by atoms with van der Waals surface area (Å²) < 4.78 is 46.5. The van der Waals surface area contributed by atoms with E-state index in [1.165, 1.54) is 27.8 Å². The molecule has 3 aromatic carbocycles. The molecule has 0 bridgehead atoms. The zero-order chi connectivity index (χ0) is 37.3. The van der Waals surface area contributed by atoms with Gasteiger partial charge in [-0.15, -0.1) is 0 Å². The van der Waals surface area contributed by atoms with Gasteiger partial charge in [-0.2, -0.15) is 0 Å². The van der Waals surface area contributed by atoms with E-state index in [1.54, 1.807) is 0 Å². The lowest BCUT2D eigenvalue weighted by molar-refractivity contribution is 0.0695. The average Bonchev–Trinajstić information content (AvgIpc) is 3.09. The van der Waals surface area contributed by atoms with E-state index < -0.39 is 45.7 Å². The number of aromatic amines is 1. The van der Waals surface area contributed by atoms with E-state index in [0.29, 0.717) is 50.9 Å². The molecule has 14 heteroatoms. The van der Waals surface area contributed by atoms with Gasteiger partial charge in [-0.25, -0.2) is 22.8 Å². The van der Waals surface area contributed by atoms with Crippen molar-refractivity contribution >= 4 is 34.1 Å². The predicted molar refractivity (Wildman–Crippen MR) is 194 cm³/mol. The molecule has 0 aliphatic carbocycles. The first kappa shape index (κ1) is 36.2. The normalized spacial score (nSPS) is 15.0. The van der Waals surface area contributed by atoms with E-state index in [2.05, 4.69) is 22.1 Å². The summed E-state index contributed by atoms with van der Waals surface area (Å²) in [5, 5.41) is 12.5. The van der Waals surface area contributed by atoms with Crippen LogP contribution in [-0.4, -0.2) is 62.3 Å². The number of piperazine rings is 1. The highest BCUT2D eigenvalue weighted by Crippen LogP contribution is 2.30. The Kier molecular flexibility index (Phi) is 10.4. The molecule has 6 rings (SSSR count). The highest BCUT2D eigenvalue weighted by Gasteiger charge is 2.27. The molecule has 5 aromatic rings. The summed E-state index contributed by atoms with van der Waals surface area (Å²) in [6.45, 7) is 8.41. The molecule has 2 aromatic heterocycles. The van der Waals surface area contributed by atoms with Crippen LogP contribution in [0.1, 0.15) is 48.2 Å². The number of hydrogen-bond acceptors (Lipinski definition) is 7. The van der Waals surface area contributed by atoms with Crippen molar-refractivity contribution < 1.29 is 23.1 Å². The molecule has 0 unspecified atom stereocenters. The monoisotopic (exact) mass is 716 g/mol. The second-order valence-corrected chi connectivity index (χ2v) is 13.1. The second kappa shape index (κ2) is 14.9. The van der Waals surface area contributed by atoms with E-state index in [4.69, 9.17) is 0 Å². The molecular weight excluding hydrogens is 677 g/mol. The number of nitrogens with one attached hydrogen (secondary N) is 2. The van der Waals surface area contributed by atoms with Crippen LogP contribution in [0.3, 0.4) is 0 Å². The number of anilines is 3. The number of aromatic nitrogens is 3. The van der Waals surface area contributed by atoms with Crippen molar-refractivity contribution in [3.8, 4) is 5.69 Å². The van der Waals surface area contributed by atoms with Crippen molar-refractivity contribution in [2.75, 3.05) is 36.4 Å². The van der Waals surface area contributed by atoms with Gasteiger partial charge in [0.05, 0.1) is 16.9 Å². The number of hydrogen-bond donors (Lipinski definition) is 3. The van der Waals surface area contributed by atoms with Crippen LogP contribution >= 0.6 is 0 Å². The Labute approximate surface area is 296 Å². The van der Waals surface area contributed by atoms with Gasteiger partial charge in [-0.05, 0) is 87.2 Å². The van der Waals surface area contributed by atoms with Crippen molar-refractivity contribution in [2.45, 2.75) is 52.6 Å². The van der Waals surface area contributed by atoms with E-state index >= 15 is 4.39 Å². The fourth-order valence-electron chi connectivity index (χ4n) is 6.82. The summed E-state index contributed by atoms with van der Waals surface area (Å²) in [5.74, 6) is -3.80. The smallest absolute Gasteiger partial charge is 0.341 e. The molecule has 1 aliphatic heterocycles. The third-order valence-corrected chi connectivity index (χ3v) is 9.68. The minimum atomic E-state index is -1.56. The number of halogens is 3. The Morgan fingerprint density at radius 1 is 0.942 bits per heavy atom. The number of aromatic carboxylic acids is 1. The lowest BCUT2D eigenvalue weighted by atomic mass is 10.1. The Balaban J connectivity index is 1.12. The molecule has 0 radical (unpaired) electrons. The van der Waals surface area contributed by atoms with Gasteiger partial charge in [-0.1, -0.05) is 13.0 Å². The molecule has 0 spiro atoms. The molecule has 1 saturated heterocycles. The van der Waals surface area contributed by atoms with Gasteiger partial charge < -0.3 is 19.9 Å². The van der Waals surface area contributed by atoms with Crippen LogP contribution < -0.4 is 26.9 Å². The van der Waals surface area contributed by atoms with Crippen LogP contribution in [0.15, 0.2) is 75.2 Å². The largest absolute Gasteiger partial charge is 0.477 e. The van der Waals surface area contributed by atoms with E-state index in [1.807, 2.05) is 36.9 Å². The molecule has 1 aliphatic rings. The molecule has 3 N–H and O–H groups in total. The lowest BCUT2D eigenvalue weighted by Crippen LogP contribution is -2.52. The Bertz CT molecular complexity index is 2320. The van der Waals surface area contributed by atoms with Gasteiger partial charge in [0.25, 0.3) is 5.56 Å². The maximum absolute atomic E-state index is 15.6. The first-order valence-electron chi connectivity index (χ1n) is 17.1. The summed E-state index contributed by atoms with van der Waals surface area (Å²) >= 11 is 0. The number of carboxylic acids is 1. The number of pyridine rings is 1. The van der Waals surface area contributed by atoms with Crippen molar-refractivity contribution in [1.82, 2.24) is 19.0 Å². The lowest BCUT2D eigenvalue weighted by Gasteiger charge is -2.41. The fourth-order valence-corrected chi connectivity index (χ4v) is 6.82. The summed E-state index contributed by atoms with van der Waals surface area (Å²) in [5.41, 5.74) is 0.641. The highest BCUT2D eigenvalue weighted by atomic mass is 19.1. The summed E-state index contributed by atoms with van der Waals surface area (Å²) in [4.78, 5) is 57.3. The molecule has 1 atom stereocenters. The van der Waals surface area contributed by atoms with Crippen LogP contribution in [0.2, 0.25) is 0 Å². The van der Waals surface area contributed by atoms with Gasteiger partial charge >= 0.3 is 11.7 Å². The third kappa shape index (κ3) is 7.38. The van der Waals surface area contributed by atoms with E-state index in [-0.39, 0.29) is 34.9 Å². The SMILES string of the molecule is CCc1cc(Nc2cc(=O)n(CCCCN3CCN(c4cc5c(cc4F)c(=O)c(C(=O)O)cn5-c4ccc(F)cc4F)C[C@H]3C)c(=O)[nH]2)ccc1C. The highest BCUT2D eigenvalue weighted by molar-refractivity contribution is 5.94. The number of carbonyl (C=O) groups is 1. The van der Waals surface area contributed by atoms with Crippen molar-refractivity contribution in [3.05, 3.63) is 126 Å². The Hall–Kier alpha value is -5.63. The van der Waals surface area contributed by atoms with Crippen LogP contribution in [0.5, 0.6) is 0 Å². The first-order valence-corrected chi connectivity index (χ1v) is 17.1. The number of unbranched alkanes of at least 4 members (excludes halogenated alkanes) is 1. The molecule has 0 saturated carbocycles. The number of benzene rings is 3. The maximum Gasteiger partial charge on any atom is 0.341 e. The number of fused-ring (bicyclic) bond motifs is 1.